The molecule has 0 aliphatic carbocycles. The molecule has 0 aromatic carbocycles. The van der Waals surface area contributed by atoms with Crippen molar-refractivity contribution in [3.8, 4) is 6.07 Å². The van der Waals surface area contributed by atoms with Crippen molar-refractivity contribution in [2.24, 2.45) is 11.3 Å². The maximum Gasteiger partial charge on any atom is 0.125 e. The standard InChI is InChI=1S/C9H15NO/c1-8(6-10)4-5-9(2,3)7-11/h7-8H,4-5H2,1-3H3. The number of nitrogens with zero attached hydrogens (tertiary/aromatic N) is 1. The quantitative estimate of drug-likeness (QED) is 0.580. The van der Waals surface area contributed by atoms with Gasteiger partial charge in [0.25, 0.3) is 0 Å². The Morgan fingerprint density at radius 3 is 2.55 bits per heavy atom. The minimum atomic E-state index is -0.259. The number of aldehydes is 1. The van der Waals surface area contributed by atoms with Crippen molar-refractivity contribution < 1.29 is 4.79 Å². The van der Waals surface area contributed by atoms with Crippen molar-refractivity contribution >= 4 is 6.29 Å². The molecule has 0 spiro atoms. The van der Waals surface area contributed by atoms with E-state index in [2.05, 4.69) is 6.07 Å². The third kappa shape index (κ3) is 4.55. The van der Waals surface area contributed by atoms with E-state index in [1.807, 2.05) is 20.8 Å². The van der Waals surface area contributed by atoms with E-state index < -0.39 is 0 Å². The molecule has 0 aliphatic heterocycles. The van der Waals surface area contributed by atoms with Gasteiger partial charge in [-0.25, -0.2) is 0 Å². The van der Waals surface area contributed by atoms with E-state index in [9.17, 15) is 4.79 Å². The minimum absolute atomic E-state index is 0.0641. The molecule has 62 valence electrons. The Balaban J connectivity index is 3.71. The Morgan fingerprint density at radius 1 is 1.64 bits per heavy atom. The van der Waals surface area contributed by atoms with Crippen LogP contribution in [0.3, 0.4) is 0 Å². The highest BCUT2D eigenvalue weighted by Gasteiger charge is 2.17. The van der Waals surface area contributed by atoms with Crippen molar-refractivity contribution in [1.29, 1.82) is 5.26 Å². The van der Waals surface area contributed by atoms with Gasteiger partial charge in [0.05, 0.1) is 6.07 Å². The lowest BCUT2D eigenvalue weighted by molar-refractivity contribution is -0.115. The largest absolute Gasteiger partial charge is 0.303 e. The van der Waals surface area contributed by atoms with Gasteiger partial charge < -0.3 is 4.79 Å². The molecular weight excluding hydrogens is 138 g/mol. The van der Waals surface area contributed by atoms with Crippen LogP contribution in [-0.2, 0) is 4.79 Å². The van der Waals surface area contributed by atoms with Crippen LogP contribution in [0.1, 0.15) is 33.6 Å². The number of hydrogen-bond acceptors (Lipinski definition) is 2. The van der Waals surface area contributed by atoms with Gasteiger partial charge in [0.1, 0.15) is 6.29 Å². The van der Waals surface area contributed by atoms with Gasteiger partial charge in [-0.15, -0.1) is 0 Å². The fourth-order valence-corrected chi connectivity index (χ4v) is 0.712. The zero-order valence-electron chi connectivity index (χ0n) is 7.42. The molecule has 0 saturated heterocycles. The minimum Gasteiger partial charge on any atom is -0.303 e. The van der Waals surface area contributed by atoms with Gasteiger partial charge >= 0.3 is 0 Å². The molecule has 2 heteroatoms. The molecule has 2 nitrogen and oxygen atoms in total. The van der Waals surface area contributed by atoms with Crippen LogP contribution < -0.4 is 0 Å². The summed E-state index contributed by atoms with van der Waals surface area (Å²) >= 11 is 0. The van der Waals surface area contributed by atoms with Crippen LogP contribution in [0.4, 0.5) is 0 Å². The highest BCUT2D eigenvalue weighted by molar-refractivity contribution is 5.57. The molecule has 0 aromatic heterocycles. The van der Waals surface area contributed by atoms with E-state index in [1.54, 1.807) is 0 Å². The van der Waals surface area contributed by atoms with Gasteiger partial charge in [-0.3, -0.25) is 0 Å². The summed E-state index contributed by atoms with van der Waals surface area (Å²) in [6.45, 7) is 5.66. The Labute approximate surface area is 68.2 Å². The fourth-order valence-electron chi connectivity index (χ4n) is 0.712. The summed E-state index contributed by atoms with van der Waals surface area (Å²) in [5.41, 5.74) is -0.259. The molecule has 0 heterocycles. The summed E-state index contributed by atoms with van der Waals surface area (Å²) in [5, 5.41) is 8.47. The SMILES string of the molecule is CC(C#N)CCC(C)(C)C=O. The van der Waals surface area contributed by atoms with E-state index in [4.69, 9.17) is 5.26 Å². The highest BCUT2D eigenvalue weighted by atomic mass is 16.1. The number of nitriles is 1. The van der Waals surface area contributed by atoms with Crippen LogP contribution in [0, 0.1) is 22.7 Å². The number of carbonyl (C=O) groups excluding carboxylic acids is 1. The summed E-state index contributed by atoms with van der Waals surface area (Å²) in [4.78, 5) is 10.4. The predicted molar refractivity (Wildman–Crippen MR) is 43.9 cm³/mol. The number of rotatable bonds is 4. The monoisotopic (exact) mass is 153 g/mol. The zero-order chi connectivity index (χ0) is 8.91. The average molecular weight is 153 g/mol. The first-order chi connectivity index (χ1) is 5.02. The van der Waals surface area contributed by atoms with Crippen LogP contribution in [0.5, 0.6) is 0 Å². The molecule has 11 heavy (non-hydrogen) atoms. The summed E-state index contributed by atoms with van der Waals surface area (Å²) in [7, 11) is 0. The maximum absolute atomic E-state index is 10.4. The molecule has 0 fully saturated rings. The van der Waals surface area contributed by atoms with E-state index in [-0.39, 0.29) is 11.3 Å². The van der Waals surface area contributed by atoms with Gasteiger partial charge in [0, 0.05) is 11.3 Å². The van der Waals surface area contributed by atoms with Gasteiger partial charge in [-0.2, -0.15) is 5.26 Å². The Kier molecular flexibility index (Phi) is 3.81. The molecule has 0 rings (SSSR count). The van der Waals surface area contributed by atoms with Crippen molar-refractivity contribution in [2.75, 3.05) is 0 Å². The van der Waals surface area contributed by atoms with E-state index in [0.717, 1.165) is 19.1 Å². The lowest BCUT2D eigenvalue weighted by Crippen LogP contribution is -2.13. The first kappa shape index (κ1) is 10.2. The first-order valence-electron chi connectivity index (χ1n) is 3.88. The summed E-state index contributed by atoms with van der Waals surface area (Å²) in [6.07, 6.45) is 2.56. The molecule has 1 unspecified atom stereocenters. The lowest BCUT2D eigenvalue weighted by atomic mass is 9.87. The average Bonchev–Trinajstić information content (AvgIpc) is 2.00. The molecular formula is C9H15NO. The van der Waals surface area contributed by atoms with Crippen LogP contribution >= 0.6 is 0 Å². The van der Waals surface area contributed by atoms with Crippen LogP contribution in [-0.4, -0.2) is 6.29 Å². The van der Waals surface area contributed by atoms with Crippen molar-refractivity contribution in [3.63, 3.8) is 0 Å². The van der Waals surface area contributed by atoms with Crippen molar-refractivity contribution in [3.05, 3.63) is 0 Å². The molecule has 0 N–H and O–H groups in total. The Hall–Kier alpha value is -0.840. The third-order valence-electron chi connectivity index (χ3n) is 1.76. The van der Waals surface area contributed by atoms with Gasteiger partial charge in [-0.1, -0.05) is 13.8 Å². The van der Waals surface area contributed by atoms with Crippen LogP contribution in [0.25, 0.3) is 0 Å². The highest BCUT2D eigenvalue weighted by Crippen LogP contribution is 2.21. The topological polar surface area (TPSA) is 40.9 Å². The molecule has 0 radical (unpaired) electrons. The molecule has 0 amide bonds. The maximum atomic E-state index is 10.4. The van der Waals surface area contributed by atoms with Gasteiger partial charge in [-0.05, 0) is 19.8 Å². The fraction of sp³-hybridized carbons (Fsp3) is 0.778. The van der Waals surface area contributed by atoms with E-state index in [1.165, 1.54) is 0 Å². The van der Waals surface area contributed by atoms with E-state index in [0.29, 0.717) is 0 Å². The van der Waals surface area contributed by atoms with Gasteiger partial charge in [0.2, 0.25) is 0 Å². The first-order valence-corrected chi connectivity index (χ1v) is 3.88. The second kappa shape index (κ2) is 4.12. The Bertz CT molecular complexity index is 167. The van der Waals surface area contributed by atoms with E-state index >= 15 is 0 Å². The van der Waals surface area contributed by atoms with Crippen molar-refractivity contribution in [1.82, 2.24) is 0 Å². The number of hydrogen-bond donors (Lipinski definition) is 0. The predicted octanol–water partition coefficient (Wildman–Crippen LogP) is 2.15. The second-order valence-electron chi connectivity index (χ2n) is 3.68. The molecule has 0 saturated carbocycles. The summed E-state index contributed by atoms with van der Waals surface area (Å²) < 4.78 is 0. The molecule has 0 aromatic rings. The summed E-state index contributed by atoms with van der Waals surface area (Å²) in [6, 6.07) is 2.15. The normalized spacial score (nSPS) is 13.6. The van der Waals surface area contributed by atoms with Crippen LogP contribution in [0.15, 0.2) is 0 Å². The summed E-state index contributed by atoms with van der Waals surface area (Å²) in [5.74, 6) is 0.0641. The third-order valence-corrected chi connectivity index (χ3v) is 1.76. The second-order valence-corrected chi connectivity index (χ2v) is 3.68. The molecule has 0 bridgehead atoms. The lowest BCUT2D eigenvalue weighted by Gasteiger charge is -2.16. The smallest absolute Gasteiger partial charge is 0.125 e. The zero-order valence-corrected chi connectivity index (χ0v) is 7.42. The molecule has 0 aliphatic rings. The van der Waals surface area contributed by atoms with Crippen molar-refractivity contribution in [2.45, 2.75) is 33.6 Å². The Morgan fingerprint density at radius 2 is 2.18 bits per heavy atom. The van der Waals surface area contributed by atoms with Gasteiger partial charge in [0.15, 0.2) is 0 Å². The molecule has 1 atom stereocenters. The number of carbonyl (C=O) groups is 1. The van der Waals surface area contributed by atoms with Crippen LogP contribution in [0.2, 0.25) is 0 Å².